The molecule has 5 nitrogen and oxygen atoms in total. The molecule has 3 rings (SSSR count). The standard InChI is InChI=1S/C23H29NO4/c1-3-10-23(16-25)11-12-24(15-21(23)26)22(27)19-8-4-6-17(13-19)18-7-5-9-20(14-18)28-2/h4-9,13-14,21,25-26H,3,10-12,15-16H2,1-2H3/t21-,23-/m1/s1. The molecular weight excluding hydrogens is 354 g/mol. The first-order valence-corrected chi connectivity index (χ1v) is 9.85. The van der Waals surface area contributed by atoms with E-state index in [4.69, 9.17) is 4.74 Å². The molecule has 2 aromatic carbocycles. The maximum Gasteiger partial charge on any atom is 0.253 e. The number of carbonyl (C=O) groups is 1. The van der Waals surface area contributed by atoms with E-state index < -0.39 is 11.5 Å². The molecule has 2 atom stereocenters. The fourth-order valence-corrected chi connectivity index (χ4v) is 4.07. The highest BCUT2D eigenvalue weighted by molar-refractivity contribution is 5.95. The number of ether oxygens (including phenoxy) is 1. The van der Waals surface area contributed by atoms with Gasteiger partial charge in [0.05, 0.1) is 19.8 Å². The first kappa shape index (κ1) is 20.4. The number of hydrogen-bond acceptors (Lipinski definition) is 4. The van der Waals surface area contributed by atoms with Crippen molar-refractivity contribution in [3.05, 3.63) is 54.1 Å². The minimum Gasteiger partial charge on any atom is -0.497 e. The van der Waals surface area contributed by atoms with Crippen molar-refractivity contribution in [2.24, 2.45) is 5.41 Å². The third-order valence-electron chi connectivity index (χ3n) is 5.84. The lowest BCUT2D eigenvalue weighted by Crippen LogP contribution is -2.54. The van der Waals surface area contributed by atoms with Crippen LogP contribution >= 0.6 is 0 Å². The van der Waals surface area contributed by atoms with Crippen molar-refractivity contribution < 1.29 is 19.7 Å². The first-order valence-electron chi connectivity index (χ1n) is 9.85. The topological polar surface area (TPSA) is 70.0 Å². The van der Waals surface area contributed by atoms with E-state index in [1.54, 1.807) is 18.1 Å². The van der Waals surface area contributed by atoms with E-state index in [1.165, 1.54) is 0 Å². The number of nitrogens with zero attached hydrogens (tertiary/aromatic N) is 1. The molecule has 1 amide bonds. The van der Waals surface area contributed by atoms with Crippen LogP contribution in [0.25, 0.3) is 11.1 Å². The molecule has 2 N–H and O–H groups in total. The van der Waals surface area contributed by atoms with Gasteiger partial charge in [0.1, 0.15) is 5.75 Å². The average Bonchev–Trinajstić information content (AvgIpc) is 2.75. The van der Waals surface area contributed by atoms with Gasteiger partial charge in [-0.1, -0.05) is 37.6 Å². The summed E-state index contributed by atoms with van der Waals surface area (Å²) < 4.78 is 5.29. The van der Waals surface area contributed by atoms with Crippen molar-refractivity contribution in [2.45, 2.75) is 32.3 Å². The zero-order chi connectivity index (χ0) is 20.1. The van der Waals surface area contributed by atoms with Crippen LogP contribution in [0.1, 0.15) is 36.5 Å². The van der Waals surface area contributed by atoms with Gasteiger partial charge < -0.3 is 19.8 Å². The summed E-state index contributed by atoms with van der Waals surface area (Å²) in [6.45, 7) is 2.80. The van der Waals surface area contributed by atoms with Crippen LogP contribution in [-0.2, 0) is 0 Å². The second-order valence-corrected chi connectivity index (χ2v) is 7.60. The molecule has 0 radical (unpaired) electrons. The summed E-state index contributed by atoms with van der Waals surface area (Å²) in [5.74, 6) is 0.677. The van der Waals surface area contributed by atoms with E-state index in [1.807, 2.05) is 49.4 Å². The van der Waals surface area contributed by atoms with Gasteiger partial charge >= 0.3 is 0 Å². The van der Waals surface area contributed by atoms with Gasteiger partial charge in [0.25, 0.3) is 5.91 Å². The zero-order valence-electron chi connectivity index (χ0n) is 16.6. The summed E-state index contributed by atoms with van der Waals surface area (Å²) in [7, 11) is 1.63. The molecule has 150 valence electrons. The van der Waals surface area contributed by atoms with Gasteiger partial charge in [-0.3, -0.25) is 4.79 Å². The van der Waals surface area contributed by atoms with Crippen LogP contribution in [0.3, 0.4) is 0 Å². The van der Waals surface area contributed by atoms with Crippen molar-refractivity contribution >= 4 is 5.91 Å². The van der Waals surface area contributed by atoms with Crippen LogP contribution in [0.5, 0.6) is 5.75 Å². The number of hydrogen-bond donors (Lipinski definition) is 2. The number of likely N-dealkylation sites (tertiary alicyclic amines) is 1. The average molecular weight is 383 g/mol. The largest absolute Gasteiger partial charge is 0.497 e. The molecule has 0 aliphatic carbocycles. The van der Waals surface area contributed by atoms with Crippen molar-refractivity contribution in [3.63, 3.8) is 0 Å². The Morgan fingerprint density at radius 2 is 1.93 bits per heavy atom. The number of aliphatic hydroxyl groups is 2. The number of rotatable bonds is 6. The van der Waals surface area contributed by atoms with Crippen LogP contribution in [0.4, 0.5) is 0 Å². The molecule has 0 bridgehead atoms. The highest BCUT2D eigenvalue weighted by Gasteiger charge is 2.42. The van der Waals surface area contributed by atoms with E-state index in [0.29, 0.717) is 18.5 Å². The monoisotopic (exact) mass is 383 g/mol. The Labute approximate surface area is 166 Å². The Morgan fingerprint density at radius 1 is 1.21 bits per heavy atom. The third kappa shape index (κ3) is 4.05. The Hall–Kier alpha value is -2.37. The first-order chi connectivity index (χ1) is 13.5. The molecule has 1 fully saturated rings. The minimum absolute atomic E-state index is 0.0463. The van der Waals surface area contributed by atoms with E-state index in [0.717, 1.165) is 29.7 Å². The van der Waals surface area contributed by atoms with Crippen LogP contribution in [0.2, 0.25) is 0 Å². The molecule has 0 unspecified atom stereocenters. The lowest BCUT2D eigenvalue weighted by Gasteiger charge is -2.44. The summed E-state index contributed by atoms with van der Waals surface area (Å²) in [5, 5.41) is 20.5. The number of aliphatic hydroxyl groups excluding tert-OH is 2. The molecule has 2 aromatic rings. The summed E-state index contributed by atoms with van der Waals surface area (Å²) in [6.07, 6.45) is 1.56. The zero-order valence-corrected chi connectivity index (χ0v) is 16.6. The van der Waals surface area contributed by atoms with Crippen molar-refractivity contribution in [3.8, 4) is 16.9 Å². The molecule has 1 aliphatic heterocycles. The Bertz CT molecular complexity index is 822. The highest BCUT2D eigenvalue weighted by Crippen LogP contribution is 2.36. The predicted octanol–water partition coefficient (Wildman–Crippen LogP) is 3.35. The lowest BCUT2D eigenvalue weighted by molar-refractivity contribution is -0.0713. The number of amides is 1. The number of methoxy groups -OCH3 is 1. The molecule has 1 aliphatic rings. The Balaban J connectivity index is 1.78. The SMILES string of the molecule is CCC[C@]1(CO)CCN(C(=O)c2cccc(-c3cccc(OC)c3)c2)C[C@H]1O. The van der Waals surface area contributed by atoms with Crippen LogP contribution < -0.4 is 4.74 Å². The normalized spacial score (nSPS) is 22.1. The maximum atomic E-state index is 13.0. The molecule has 0 spiro atoms. The second kappa shape index (κ2) is 8.76. The van der Waals surface area contributed by atoms with Crippen molar-refractivity contribution in [2.75, 3.05) is 26.8 Å². The molecular formula is C23H29NO4. The van der Waals surface area contributed by atoms with Crippen LogP contribution in [0.15, 0.2) is 48.5 Å². The maximum absolute atomic E-state index is 13.0. The number of carbonyl (C=O) groups excluding carboxylic acids is 1. The van der Waals surface area contributed by atoms with Crippen LogP contribution in [-0.4, -0.2) is 53.9 Å². The van der Waals surface area contributed by atoms with Gasteiger partial charge in [0, 0.05) is 24.1 Å². The number of β-amino-alcohol motifs (C(OH)–C–C–N with tert-alkyl or cyclic N) is 1. The fraction of sp³-hybridized carbons (Fsp3) is 0.435. The Kier molecular flexibility index (Phi) is 6.37. The molecule has 0 aromatic heterocycles. The molecule has 1 heterocycles. The summed E-state index contributed by atoms with van der Waals surface area (Å²) in [6, 6.07) is 15.3. The van der Waals surface area contributed by atoms with Gasteiger partial charge in [-0.25, -0.2) is 0 Å². The molecule has 0 saturated carbocycles. The summed E-state index contributed by atoms with van der Waals surface area (Å²) in [4.78, 5) is 14.7. The number of piperidine rings is 1. The molecule has 5 heteroatoms. The van der Waals surface area contributed by atoms with Crippen LogP contribution in [0, 0.1) is 5.41 Å². The van der Waals surface area contributed by atoms with Gasteiger partial charge in [-0.2, -0.15) is 0 Å². The van der Waals surface area contributed by atoms with E-state index >= 15 is 0 Å². The van der Waals surface area contributed by atoms with E-state index in [9.17, 15) is 15.0 Å². The van der Waals surface area contributed by atoms with E-state index in [2.05, 4.69) is 0 Å². The smallest absolute Gasteiger partial charge is 0.253 e. The summed E-state index contributed by atoms with van der Waals surface area (Å²) >= 11 is 0. The van der Waals surface area contributed by atoms with Gasteiger partial charge in [0.2, 0.25) is 0 Å². The molecule has 1 saturated heterocycles. The van der Waals surface area contributed by atoms with Crippen molar-refractivity contribution in [1.29, 1.82) is 0 Å². The highest BCUT2D eigenvalue weighted by atomic mass is 16.5. The van der Waals surface area contributed by atoms with Gasteiger partial charge in [-0.15, -0.1) is 0 Å². The fourth-order valence-electron chi connectivity index (χ4n) is 4.07. The molecule has 28 heavy (non-hydrogen) atoms. The minimum atomic E-state index is -0.711. The van der Waals surface area contributed by atoms with Crippen molar-refractivity contribution in [1.82, 2.24) is 4.90 Å². The van der Waals surface area contributed by atoms with Gasteiger partial charge in [-0.05, 0) is 48.2 Å². The third-order valence-corrected chi connectivity index (χ3v) is 5.84. The summed E-state index contributed by atoms with van der Waals surface area (Å²) in [5.41, 5.74) is 2.03. The quantitative estimate of drug-likeness (QED) is 0.803. The van der Waals surface area contributed by atoms with E-state index in [-0.39, 0.29) is 19.1 Å². The number of benzene rings is 2. The van der Waals surface area contributed by atoms with Gasteiger partial charge in [0.15, 0.2) is 0 Å². The Morgan fingerprint density at radius 3 is 2.57 bits per heavy atom. The predicted molar refractivity (Wildman–Crippen MR) is 109 cm³/mol. The lowest BCUT2D eigenvalue weighted by atomic mass is 9.73. The second-order valence-electron chi connectivity index (χ2n) is 7.60.